The Balaban J connectivity index is 1.37. The molecule has 0 spiro atoms. The van der Waals surface area contributed by atoms with Gasteiger partial charge in [-0.05, 0) is 75.0 Å². The predicted molar refractivity (Wildman–Crippen MR) is 118 cm³/mol. The van der Waals surface area contributed by atoms with Crippen molar-refractivity contribution >= 4 is 11.9 Å². The molecule has 2 aromatic rings. The fraction of sp³-hybridized carbons (Fsp3) is 0.560. The van der Waals surface area contributed by atoms with E-state index in [0.717, 1.165) is 75.8 Å². The van der Waals surface area contributed by atoms with Gasteiger partial charge >= 0.3 is 5.97 Å². The van der Waals surface area contributed by atoms with Crippen LogP contribution in [-0.4, -0.2) is 44.8 Å². The first-order valence-corrected chi connectivity index (χ1v) is 11.8. The van der Waals surface area contributed by atoms with Crippen molar-refractivity contribution in [1.82, 2.24) is 14.7 Å². The molecule has 3 aliphatic rings. The van der Waals surface area contributed by atoms with Crippen LogP contribution in [0.4, 0.5) is 0 Å². The van der Waals surface area contributed by atoms with Gasteiger partial charge in [-0.1, -0.05) is 18.6 Å². The van der Waals surface area contributed by atoms with Gasteiger partial charge in [0, 0.05) is 24.9 Å². The Labute approximate surface area is 183 Å². The number of carboxylic acids is 1. The lowest BCUT2D eigenvalue weighted by atomic mass is 9.77. The van der Waals surface area contributed by atoms with Crippen molar-refractivity contribution in [3.05, 3.63) is 47.3 Å². The van der Waals surface area contributed by atoms with Crippen molar-refractivity contribution in [2.45, 2.75) is 69.6 Å². The zero-order valence-corrected chi connectivity index (χ0v) is 18.0. The Morgan fingerprint density at radius 2 is 1.77 bits per heavy atom. The summed E-state index contributed by atoms with van der Waals surface area (Å²) in [5.74, 6) is 0.237. The molecule has 2 saturated carbocycles. The van der Waals surface area contributed by atoms with Crippen LogP contribution in [0.2, 0.25) is 0 Å². The number of hydrogen-bond acceptors (Lipinski definition) is 3. The SMILES string of the molecule is O=C(O)c1cnn(-c2cccc([C@@H]3CCC[C@H](C(=O)N4CCCCC4)C3)c2)c1C1CC1. The van der Waals surface area contributed by atoms with Crippen LogP contribution in [0.15, 0.2) is 30.5 Å². The lowest BCUT2D eigenvalue weighted by Crippen LogP contribution is -2.40. The first-order valence-electron chi connectivity index (χ1n) is 11.8. The van der Waals surface area contributed by atoms with Crippen molar-refractivity contribution in [1.29, 1.82) is 0 Å². The Morgan fingerprint density at radius 1 is 0.968 bits per heavy atom. The molecule has 1 aromatic heterocycles. The highest BCUT2D eigenvalue weighted by Crippen LogP contribution is 2.43. The molecule has 2 aliphatic carbocycles. The maximum atomic E-state index is 13.1. The summed E-state index contributed by atoms with van der Waals surface area (Å²) in [6, 6.07) is 8.36. The lowest BCUT2D eigenvalue weighted by molar-refractivity contribution is -0.137. The third-order valence-corrected chi connectivity index (χ3v) is 7.28. The number of carbonyl (C=O) groups excluding carboxylic acids is 1. The molecule has 5 rings (SSSR count). The lowest BCUT2D eigenvalue weighted by Gasteiger charge is -2.34. The van der Waals surface area contributed by atoms with Gasteiger partial charge in [-0.3, -0.25) is 4.79 Å². The van der Waals surface area contributed by atoms with E-state index >= 15 is 0 Å². The minimum absolute atomic E-state index is 0.130. The summed E-state index contributed by atoms with van der Waals surface area (Å²) in [7, 11) is 0. The van der Waals surface area contributed by atoms with Crippen molar-refractivity contribution in [3.63, 3.8) is 0 Å². The van der Waals surface area contributed by atoms with Crippen molar-refractivity contribution in [3.8, 4) is 5.69 Å². The molecule has 0 radical (unpaired) electrons. The van der Waals surface area contributed by atoms with Crippen molar-refractivity contribution < 1.29 is 14.7 Å². The minimum atomic E-state index is -0.907. The van der Waals surface area contributed by atoms with Gasteiger partial charge in [0.25, 0.3) is 0 Å². The Kier molecular flexibility index (Phi) is 5.55. The first-order chi connectivity index (χ1) is 15.1. The number of carbonyl (C=O) groups is 2. The molecule has 6 nitrogen and oxygen atoms in total. The van der Waals surface area contributed by atoms with Gasteiger partial charge in [-0.25, -0.2) is 9.48 Å². The molecule has 6 heteroatoms. The van der Waals surface area contributed by atoms with Gasteiger partial charge < -0.3 is 10.0 Å². The third-order valence-electron chi connectivity index (χ3n) is 7.28. The maximum Gasteiger partial charge on any atom is 0.339 e. The van der Waals surface area contributed by atoms with Gasteiger partial charge in [0.2, 0.25) is 5.91 Å². The number of amides is 1. The van der Waals surface area contributed by atoms with E-state index in [2.05, 4.69) is 22.1 Å². The predicted octanol–water partition coefficient (Wildman–Crippen LogP) is 4.73. The molecule has 164 valence electrons. The monoisotopic (exact) mass is 421 g/mol. The highest BCUT2D eigenvalue weighted by Gasteiger charge is 2.34. The zero-order valence-electron chi connectivity index (χ0n) is 18.0. The molecular weight excluding hydrogens is 390 g/mol. The number of hydrogen-bond donors (Lipinski definition) is 1. The van der Waals surface area contributed by atoms with Gasteiger partial charge in [-0.15, -0.1) is 0 Å². The van der Waals surface area contributed by atoms with E-state index < -0.39 is 5.97 Å². The average Bonchev–Trinajstić information content (AvgIpc) is 3.56. The van der Waals surface area contributed by atoms with Gasteiger partial charge in [0.05, 0.1) is 17.6 Å². The second-order valence-corrected chi connectivity index (χ2v) is 9.48. The molecule has 2 heterocycles. The third kappa shape index (κ3) is 4.12. The molecule has 0 unspecified atom stereocenters. The van der Waals surface area contributed by atoms with E-state index in [0.29, 0.717) is 23.3 Å². The Hall–Kier alpha value is -2.63. The number of aromatic carboxylic acids is 1. The highest BCUT2D eigenvalue weighted by atomic mass is 16.4. The number of aromatic nitrogens is 2. The first kappa shape index (κ1) is 20.3. The fourth-order valence-electron chi connectivity index (χ4n) is 5.48. The molecule has 1 aromatic carbocycles. The van der Waals surface area contributed by atoms with E-state index in [1.54, 1.807) is 0 Å². The Bertz CT molecular complexity index is 972. The molecule has 1 saturated heterocycles. The van der Waals surface area contributed by atoms with Crippen LogP contribution in [0, 0.1) is 5.92 Å². The Morgan fingerprint density at radius 3 is 2.52 bits per heavy atom. The fourth-order valence-corrected chi connectivity index (χ4v) is 5.48. The molecule has 3 fully saturated rings. The van der Waals surface area contributed by atoms with E-state index in [4.69, 9.17) is 0 Å². The largest absolute Gasteiger partial charge is 0.478 e. The summed E-state index contributed by atoms with van der Waals surface area (Å²) in [6.07, 6.45) is 11.1. The van der Waals surface area contributed by atoms with Gasteiger partial charge in [0.1, 0.15) is 5.56 Å². The minimum Gasteiger partial charge on any atom is -0.478 e. The quantitative estimate of drug-likeness (QED) is 0.757. The van der Waals surface area contributed by atoms with E-state index in [9.17, 15) is 14.7 Å². The topological polar surface area (TPSA) is 75.4 Å². The number of piperidine rings is 1. The van der Waals surface area contributed by atoms with Crippen LogP contribution >= 0.6 is 0 Å². The maximum absolute atomic E-state index is 13.1. The second-order valence-electron chi connectivity index (χ2n) is 9.48. The van der Waals surface area contributed by atoms with Crippen molar-refractivity contribution in [2.75, 3.05) is 13.1 Å². The molecule has 2 atom stereocenters. The van der Waals surface area contributed by atoms with Gasteiger partial charge in [0.15, 0.2) is 0 Å². The van der Waals surface area contributed by atoms with Crippen LogP contribution < -0.4 is 0 Å². The zero-order chi connectivity index (χ0) is 21.4. The second kappa shape index (κ2) is 8.48. The summed E-state index contributed by atoms with van der Waals surface area (Å²) >= 11 is 0. The molecule has 1 aliphatic heterocycles. The molecule has 0 bridgehead atoms. The molecule has 31 heavy (non-hydrogen) atoms. The molecule has 1 N–H and O–H groups in total. The normalized spacial score (nSPS) is 24.2. The van der Waals surface area contributed by atoms with E-state index in [1.807, 2.05) is 16.8 Å². The summed E-state index contributed by atoms with van der Waals surface area (Å²) in [5.41, 5.74) is 3.31. The summed E-state index contributed by atoms with van der Waals surface area (Å²) in [4.78, 5) is 26.8. The van der Waals surface area contributed by atoms with Gasteiger partial charge in [-0.2, -0.15) is 5.10 Å². The van der Waals surface area contributed by atoms with Crippen LogP contribution in [0.1, 0.15) is 91.2 Å². The van der Waals surface area contributed by atoms with Crippen LogP contribution in [-0.2, 0) is 4.79 Å². The molecule has 1 amide bonds. The number of rotatable bonds is 5. The van der Waals surface area contributed by atoms with E-state index in [-0.39, 0.29) is 5.92 Å². The summed E-state index contributed by atoms with van der Waals surface area (Å²) < 4.78 is 1.82. The number of likely N-dealkylation sites (tertiary alicyclic amines) is 1. The van der Waals surface area contributed by atoms with Crippen molar-refractivity contribution in [2.24, 2.45) is 5.92 Å². The highest BCUT2D eigenvalue weighted by molar-refractivity contribution is 5.89. The number of benzene rings is 1. The summed E-state index contributed by atoms with van der Waals surface area (Å²) in [6.45, 7) is 1.84. The number of carboxylic acid groups (broad SMARTS) is 1. The molecular formula is C25H31N3O3. The average molecular weight is 422 g/mol. The van der Waals surface area contributed by atoms with Crippen LogP contribution in [0.5, 0.6) is 0 Å². The van der Waals surface area contributed by atoms with Crippen LogP contribution in [0.25, 0.3) is 5.69 Å². The summed E-state index contributed by atoms with van der Waals surface area (Å²) in [5, 5.41) is 14.0. The number of nitrogens with zero attached hydrogens (tertiary/aromatic N) is 3. The van der Waals surface area contributed by atoms with Crippen LogP contribution in [0.3, 0.4) is 0 Å². The van der Waals surface area contributed by atoms with E-state index in [1.165, 1.54) is 18.2 Å². The smallest absolute Gasteiger partial charge is 0.339 e. The standard InChI is InChI=1S/C25H31N3O3/c29-24(27-12-2-1-3-13-27)20-8-4-6-18(14-20)19-7-5-9-21(15-19)28-23(17-10-11-17)22(16-26-28)25(30)31/h5,7,9,15-18,20H,1-4,6,8,10-14H2,(H,30,31)/t18-,20+/m1/s1.